The highest BCUT2D eigenvalue weighted by Gasteiger charge is 2.24. The van der Waals surface area contributed by atoms with Gasteiger partial charge in [-0.15, -0.1) is 0 Å². The van der Waals surface area contributed by atoms with E-state index in [1.54, 1.807) is 0 Å². The molecule has 0 spiro atoms. The smallest absolute Gasteiger partial charge is 0.197 e. The molecule has 7 aromatic carbocycles. The molecule has 4 heteroatoms. The van der Waals surface area contributed by atoms with Crippen LogP contribution in [0.15, 0.2) is 94.5 Å². The molecule has 9 aromatic rings. The van der Waals surface area contributed by atoms with Gasteiger partial charge in [-0.3, -0.25) is 9.59 Å². The minimum Gasteiger partial charge on any atom is -0.343 e. The predicted molar refractivity (Wildman–Crippen MR) is 266 cm³/mol. The van der Waals surface area contributed by atoms with Crippen molar-refractivity contribution in [2.75, 3.05) is 0 Å². The van der Waals surface area contributed by atoms with E-state index >= 15 is 9.59 Å². The topological polar surface area (TPSA) is 44.0 Å². The fraction of sp³-hybridized carbons (Fsp3) is 0.241. The monoisotopic (exact) mass is 812 g/mol. The first-order valence-electron chi connectivity index (χ1n) is 21.8. The highest BCUT2D eigenvalue weighted by Crippen LogP contribution is 2.42. The largest absolute Gasteiger partial charge is 0.343 e. The molecule has 0 aliphatic rings. The summed E-state index contributed by atoms with van der Waals surface area (Å²) in [6.45, 7) is 25.8. The van der Waals surface area contributed by atoms with Crippen molar-refractivity contribution in [1.82, 2.24) is 9.13 Å². The van der Waals surface area contributed by atoms with Crippen LogP contribution in [0.1, 0.15) is 66.8 Å². The van der Waals surface area contributed by atoms with Gasteiger partial charge in [-0.05, 0) is 214 Å². The summed E-state index contributed by atoms with van der Waals surface area (Å²) < 4.78 is 4.28. The van der Waals surface area contributed by atoms with E-state index in [1.165, 1.54) is 61.2 Å². The molecule has 0 bridgehead atoms. The Bertz CT molecular complexity index is 3520. The van der Waals surface area contributed by atoms with Gasteiger partial charge < -0.3 is 9.13 Å². The highest BCUT2D eigenvalue weighted by molar-refractivity contribution is 6.10. The molecule has 0 saturated carbocycles. The van der Waals surface area contributed by atoms with Crippen LogP contribution in [0.2, 0.25) is 0 Å². The Balaban J connectivity index is 1.45. The van der Waals surface area contributed by atoms with Gasteiger partial charge in [0, 0.05) is 24.9 Å². The van der Waals surface area contributed by atoms with E-state index in [2.05, 4.69) is 165 Å². The zero-order chi connectivity index (χ0) is 44.4. The average Bonchev–Trinajstić information content (AvgIpc) is 3.18. The molecule has 0 N–H and O–H groups in total. The summed E-state index contributed by atoms with van der Waals surface area (Å²) in [6.07, 6.45) is 0. The molecule has 0 radical (unpaired) electrons. The maximum atomic E-state index is 15.4. The van der Waals surface area contributed by atoms with E-state index in [1.807, 2.05) is 26.2 Å². The summed E-state index contributed by atoms with van der Waals surface area (Å²) >= 11 is 0. The first-order valence-corrected chi connectivity index (χ1v) is 21.8. The number of rotatable bonds is 4. The van der Waals surface area contributed by atoms with Crippen LogP contribution in [-0.4, -0.2) is 9.13 Å². The molecule has 310 valence electrons. The normalized spacial score (nSPS) is 11.8. The molecule has 62 heavy (non-hydrogen) atoms. The Morgan fingerprint density at radius 1 is 0.306 bits per heavy atom. The molecular weight excluding hydrogens is 757 g/mol. The van der Waals surface area contributed by atoms with Crippen LogP contribution in [0.5, 0.6) is 0 Å². The third-order valence-corrected chi connectivity index (χ3v) is 13.7. The summed E-state index contributed by atoms with van der Waals surface area (Å²) in [5, 5.41) is 2.55. The summed E-state index contributed by atoms with van der Waals surface area (Å²) in [6, 6.07) is 30.6. The number of aromatic nitrogens is 2. The average molecular weight is 813 g/mol. The van der Waals surface area contributed by atoms with Crippen molar-refractivity contribution >= 4 is 43.6 Å². The Labute approximate surface area is 365 Å². The molecule has 0 aliphatic heterocycles. The second-order valence-electron chi connectivity index (χ2n) is 18.6. The van der Waals surface area contributed by atoms with E-state index in [9.17, 15) is 0 Å². The maximum absolute atomic E-state index is 15.4. The second-order valence-corrected chi connectivity index (χ2v) is 18.6. The molecule has 0 unspecified atom stereocenters. The second kappa shape index (κ2) is 14.6. The van der Waals surface area contributed by atoms with E-state index < -0.39 is 0 Å². The lowest BCUT2D eigenvalue weighted by molar-refractivity contribution is 0.994. The summed E-state index contributed by atoms with van der Waals surface area (Å²) in [7, 11) is 4.08. The van der Waals surface area contributed by atoms with Crippen molar-refractivity contribution in [1.29, 1.82) is 0 Å². The number of fused-ring (bicyclic) bond motifs is 4. The molecular formula is C58H56N2O2. The molecule has 4 nitrogen and oxygen atoms in total. The van der Waals surface area contributed by atoms with Crippen molar-refractivity contribution in [2.45, 2.75) is 83.1 Å². The minimum absolute atomic E-state index is 0.0353. The van der Waals surface area contributed by atoms with Crippen LogP contribution < -0.4 is 10.9 Å². The first kappa shape index (κ1) is 40.9. The zero-order valence-corrected chi connectivity index (χ0v) is 38.8. The van der Waals surface area contributed by atoms with Gasteiger partial charge in [-0.1, -0.05) is 65.2 Å². The van der Waals surface area contributed by atoms with Crippen LogP contribution >= 0.6 is 0 Å². The molecule has 0 saturated heterocycles. The number of pyridine rings is 2. The van der Waals surface area contributed by atoms with E-state index in [-0.39, 0.29) is 10.9 Å². The molecule has 0 aliphatic carbocycles. The summed E-state index contributed by atoms with van der Waals surface area (Å²) in [5.74, 6) is 0. The lowest BCUT2D eigenvalue weighted by atomic mass is 9.86. The number of benzene rings is 7. The van der Waals surface area contributed by atoms with Gasteiger partial charge in [0.2, 0.25) is 0 Å². The third kappa shape index (κ3) is 6.25. The number of hydrogen-bond acceptors (Lipinski definition) is 2. The van der Waals surface area contributed by atoms with Crippen LogP contribution in [0.3, 0.4) is 0 Å². The Hall–Kier alpha value is -6.52. The Morgan fingerprint density at radius 3 is 1.08 bits per heavy atom. The highest BCUT2D eigenvalue weighted by atomic mass is 16.1. The molecule has 2 aromatic heterocycles. The van der Waals surface area contributed by atoms with Gasteiger partial charge in [-0.25, -0.2) is 0 Å². The lowest BCUT2D eigenvalue weighted by Crippen LogP contribution is -2.15. The fourth-order valence-electron chi connectivity index (χ4n) is 11.1. The third-order valence-electron chi connectivity index (χ3n) is 13.7. The minimum atomic E-state index is -0.0367. The van der Waals surface area contributed by atoms with Crippen LogP contribution in [0.4, 0.5) is 0 Å². The predicted octanol–water partition coefficient (Wildman–Crippen LogP) is 14.1. The molecule has 0 fully saturated rings. The summed E-state index contributed by atoms with van der Waals surface area (Å²) in [5.41, 5.74) is 25.8. The van der Waals surface area contributed by atoms with Crippen molar-refractivity contribution in [3.05, 3.63) is 172 Å². The van der Waals surface area contributed by atoms with E-state index in [0.29, 0.717) is 21.5 Å². The fourth-order valence-corrected chi connectivity index (χ4v) is 11.1. The quantitative estimate of drug-likeness (QED) is 0.166. The Morgan fingerprint density at radius 2 is 0.661 bits per heavy atom. The van der Waals surface area contributed by atoms with Gasteiger partial charge >= 0.3 is 0 Å². The maximum Gasteiger partial charge on any atom is 0.197 e. The van der Waals surface area contributed by atoms with Crippen molar-refractivity contribution in [3.8, 4) is 44.5 Å². The van der Waals surface area contributed by atoms with Crippen molar-refractivity contribution in [3.63, 3.8) is 0 Å². The SMILES string of the molecule is Cc1cc(C)c(-c2cc(-c3cc(C)c(C)cc3C)c3c(=O)c4cc5c(cc4n(C)c3c2)c(=O)c2c(-c3c(C)cc(C)cc3C)cc(-c3c(C)cc(C)cc3C)cc2n5C)c(C)c1. The van der Waals surface area contributed by atoms with Crippen molar-refractivity contribution < 1.29 is 0 Å². The lowest BCUT2D eigenvalue weighted by Gasteiger charge is -2.21. The van der Waals surface area contributed by atoms with E-state index in [0.717, 1.165) is 72.1 Å². The number of aryl methyl sites for hydroxylation is 14. The van der Waals surface area contributed by atoms with Gasteiger partial charge in [0.15, 0.2) is 10.9 Å². The van der Waals surface area contributed by atoms with Gasteiger partial charge in [0.1, 0.15) is 0 Å². The van der Waals surface area contributed by atoms with Crippen LogP contribution in [-0.2, 0) is 14.1 Å². The summed E-state index contributed by atoms with van der Waals surface area (Å²) in [4.78, 5) is 30.8. The molecule has 0 atom stereocenters. The van der Waals surface area contributed by atoms with Gasteiger partial charge in [-0.2, -0.15) is 0 Å². The van der Waals surface area contributed by atoms with Crippen LogP contribution in [0.25, 0.3) is 88.1 Å². The first-order chi connectivity index (χ1) is 29.3. The van der Waals surface area contributed by atoms with Gasteiger partial charge in [0.25, 0.3) is 0 Å². The molecule has 0 amide bonds. The van der Waals surface area contributed by atoms with Gasteiger partial charge in [0.05, 0.1) is 32.8 Å². The molecule has 2 heterocycles. The molecule has 9 rings (SSSR count). The number of hydrogen-bond donors (Lipinski definition) is 0. The zero-order valence-electron chi connectivity index (χ0n) is 38.8. The number of nitrogens with zero attached hydrogens (tertiary/aromatic N) is 2. The Kier molecular flexibility index (Phi) is 9.59. The standard InChI is InChI=1S/C58H56N2O2/c1-29-15-35(7)52(36(8)16-29)41-23-44(43-22-33(5)32(4)21-34(43)6)55-50(25-41)59(13)48-28-46-49(27-45(48)57(55)61)60(14)51-26-42(53-37(9)17-30(2)18-38(53)10)24-47(56(51)58(46)62)54-39(11)19-31(3)20-40(54)12/h15-28H,1-14H3. The van der Waals surface area contributed by atoms with Crippen LogP contribution in [0, 0.1) is 83.1 Å². The van der Waals surface area contributed by atoms with Crippen molar-refractivity contribution in [2.24, 2.45) is 14.1 Å². The van der Waals surface area contributed by atoms with E-state index in [4.69, 9.17) is 0 Å².